The molecule has 0 aliphatic carbocycles. The van der Waals surface area contributed by atoms with Crippen molar-refractivity contribution in [1.82, 2.24) is 30.4 Å². The zero-order valence-electron chi connectivity index (χ0n) is 15.7. The predicted octanol–water partition coefficient (Wildman–Crippen LogP) is -0.758. The summed E-state index contributed by atoms with van der Waals surface area (Å²) in [6, 6.07) is -1.12. The molecule has 174 valence electrons. The van der Waals surface area contributed by atoms with Crippen molar-refractivity contribution < 1.29 is 37.5 Å². The van der Waals surface area contributed by atoms with Gasteiger partial charge < -0.3 is 16.2 Å². The number of aliphatic carboxylic acids is 1. The number of carbonyl (C=O) groups is 4. The van der Waals surface area contributed by atoms with Gasteiger partial charge in [-0.05, 0) is 27.8 Å². The van der Waals surface area contributed by atoms with E-state index in [1.165, 1.54) is 11.8 Å². The Balaban J connectivity index is 1.67. The molecule has 1 aromatic heterocycles. The lowest BCUT2D eigenvalue weighted by Crippen LogP contribution is -2.70. The lowest BCUT2D eigenvalue weighted by molar-refractivity contribution is -0.150. The fourth-order valence-corrected chi connectivity index (χ4v) is 5.59. The van der Waals surface area contributed by atoms with E-state index >= 15 is 0 Å². The summed E-state index contributed by atoms with van der Waals surface area (Å²) in [7, 11) is 0. The molecule has 3 amide bonds. The number of nitrogens with two attached hydrogens (primary N) is 1. The van der Waals surface area contributed by atoms with Gasteiger partial charge in [-0.3, -0.25) is 19.3 Å². The van der Waals surface area contributed by atoms with Crippen LogP contribution in [0.15, 0.2) is 16.4 Å². The second-order valence-electron chi connectivity index (χ2n) is 6.32. The first kappa shape index (κ1) is 24.2. The number of rotatable bonds is 9. The molecule has 0 saturated carbocycles. The van der Waals surface area contributed by atoms with E-state index in [1.807, 2.05) is 0 Å². The number of aromatic nitrogens is 4. The second-order valence-corrected chi connectivity index (χ2v) is 9.41. The Kier molecular flexibility index (Phi) is 7.23. The summed E-state index contributed by atoms with van der Waals surface area (Å²) in [5, 5.41) is 22.1. The Morgan fingerprint density at radius 3 is 2.69 bits per heavy atom. The van der Waals surface area contributed by atoms with Gasteiger partial charge in [0.15, 0.2) is 0 Å². The number of amides is 3. The summed E-state index contributed by atoms with van der Waals surface area (Å²) in [5.41, 5.74) is 0.633. The summed E-state index contributed by atoms with van der Waals surface area (Å²) in [6.45, 7) is -0.268. The Hall–Kier alpha value is -2.47. The van der Waals surface area contributed by atoms with E-state index in [1.54, 1.807) is 0 Å². The molecule has 1 unspecified atom stereocenters. The summed E-state index contributed by atoms with van der Waals surface area (Å²) >= 11 is 1.67. The van der Waals surface area contributed by atoms with E-state index in [0.717, 1.165) is 21.3 Å². The number of carbonyl (C=O) groups excluding carboxylic acids is 3. The highest BCUT2D eigenvalue weighted by atomic mass is 32.2. The van der Waals surface area contributed by atoms with Gasteiger partial charge in [0, 0.05) is 11.5 Å². The highest BCUT2D eigenvalue weighted by Crippen LogP contribution is 2.41. The van der Waals surface area contributed by atoms with Crippen LogP contribution in [0.5, 0.6) is 0 Å². The highest BCUT2D eigenvalue weighted by molar-refractivity contribution is 8.01. The average Bonchev–Trinajstić information content (AvgIpc) is 3.13. The number of nitrogens with zero attached hydrogens (tertiary/aromatic N) is 5. The minimum atomic E-state index is -4.59. The van der Waals surface area contributed by atoms with E-state index in [-0.39, 0.29) is 28.9 Å². The molecule has 2 atom stereocenters. The third-order valence-electron chi connectivity index (χ3n) is 4.11. The molecule has 0 radical (unpaired) electrons. The summed E-state index contributed by atoms with van der Waals surface area (Å²) in [4.78, 5) is 48.1. The molecule has 0 aromatic carbocycles. The fraction of sp³-hybridized carbons (Fsp3) is 0.500. The molecule has 1 aromatic rings. The lowest BCUT2D eigenvalue weighted by atomic mass is 10.0. The number of carboxylic acids is 1. The smallest absolute Gasteiger partial charge is 0.442 e. The zero-order chi connectivity index (χ0) is 23.6. The average molecular weight is 514 g/mol. The highest BCUT2D eigenvalue weighted by Gasteiger charge is 2.54. The number of β-lactam (4-membered cyclic amide) rings is 1. The number of hydrogen-bond acceptors (Lipinski definition) is 10. The Bertz CT molecular complexity index is 985. The number of halogens is 3. The SMILES string of the molecule is NC(=O)Cn1nnnc1SCC1=C(C(=O)O)N2C(=O)C(NC(=O)CSC(F)(F)F)[C@H]2SC1. The quantitative estimate of drug-likeness (QED) is 0.280. The number of alkyl halides is 3. The van der Waals surface area contributed by atoms with Crippen LogP contribution in [0.1, 0.15) is 0 Å². The van der Waals surface area contributed by atoms with E-state index in [9.17, 15) is 37.5 Å². The molecule has 0 spiro atoms. The van der Waals surface area contributed by atoms with Crippen LogP contribution in [0.4, 0.5) is 13.2 Å². The molecular formula is C14H14F3N7O5S3. The van der Waals surface area contributed by atoms with Crippen molar-refractivity contribution >= 4 is 59.0 Å². The molecular weight excluding hydrogens is 499 g/mol. The van der Waals surface area contributed by atoms with Crippen LogP contribution in [-0.2, 0) is 25.7 Å². The number of hydrogen-bond donors (Lipinski definition) is 3. The maximum atomic E-state index is 12.5. The van der Waals surface area contributed by atoms with Crippen molar-refractivity contribution in [3.05, 3.63) is 11.3 Å². The van der Waals surface area contributed by atoms with Crippen molar-refractivity contribution in [2.24, 2.45) is 5.73 Å². The van der Waals surface area contributed by atoms with Crippen LogP contribution >= 0.6 is 35.3 Å². The molecule has 18 heteroatoms. The molecule has 3 heterocycles. The maximum absolute atomic E-state index is 12.5. The Morgan fingerprint density at radius 1 is 1.34 bits per heavy atom. The van der Waals surface area contributed by atoms with Gasteiger partial charge >= 0.3 is 11.5 Å². The maximum Gasteiger partial charge on any atom is 0.442 e. The van der Waals surface area contributed by atoms with Gasteiger partial charge in [-0.2, -0.15) is 13.2 Å². The molecule has 1 saturated heterocycles. The van der Waals surface area contributed by atoms with Gasteiger partial charge in [0.2, 0.25) is 17.0 Å². The molecule has 2 aliphatic heterocycles. The molecule has 3 rings (SSSR count). The summed E-state index contributed by atoms with van der Waals surface area (Å²) in [5.74, 6) is -4.38. The largest absolute Gasteiger partial charge is 0.477 e. The third kappa shape index (κ3) is 5.47. The van der Waals surface area contributed by atoms with Crippen molar-refractivity contribution in [2.75, 3.05) is 17.3 Å². The van der Waals surface area contributed by atoms with E-state index in [0.29, 0.717) is 5.57 Å². The van der Waals surface area contributed by atoms with Crippen LogP contribution in [0.3, 0.4) is 0 Å². The monoisotopic (exact) mass is 513 g/mol. The van der Waals surface area contributed by atoms with Crippen LogP contribution in [0.25, 0.3) is 0 Å². The zero-order valence-corrected chi connectivity index (χ0v) is 18.2. The van der Waals surface area contributed by atoms with Crippen molar-refractivity contribution in [3.63, 3.8) is 0 Å². The van der Waals surface area contributed by atoms with Crippen LogP contribution in [0.2, 0.25) is 0 Å². The second kappa shape index (κ2) is 9.57. The molecule has 1 fully saturated rings. The van der Waals surface area contributed by atoms with Crippen LogP contribution in [-0.4, -0.2) is 88.1 Å². The minimum Gasteiger partial charge on any atom is -0.477 e. The van der Waals surface area contributed by atoms with Gasteiger partial charge in [0.25, 0.3) is 5.91 Å². The van der Waals surface area contributed by atoms with Gasteiger partial charge in [-0.25, -0.2) is 9.48 Å². The first-order valence-electron chi connectivity index (χ1n) is 8.55. The number of primary amides is 1. The number of fused-ring (bicyclic) bond motifs is 1. The van der Waals surface area contributed by atoms with E-state index in [2.05, 4.69) is 20.8 Å². The molecule has 0 bridgehead atoms. The number of nitrogens with one attached hydrogen (secondary N) is 1. The van der Waals surface area contributed by atoms with Crippen molar-refractivity contribution in [3.8, 4) is 0 Å². The first-order valence-corrected chi connectivity index (χ1v) is 11.6. The van der Waals surface area contributed by atoms with Crippen molar-refractivity contribution in [1.29, 1.82) is 0 Å². The first-order chi connectivity index (χ1) is 15.0. The van der Waals surface area contributed by atoms with Gasteiger partial charge in [0.05, 0.1) is 5.75 Å². The van der Waals surface area contributed by atoms with Crippen molar-refractivity contribution in [2.45, 2.75) is 28.6 Å². The fourth-order valence-electron chi connectivity index (χ4n) is 2.86. The minimum absolute atomic E-state index is 0.0868. The van der Waals surface area contributed by atoms with Gasteiger partial charge in [-0.1, -0.05) is 11.8 Å². The van der Waals surface area contributed by atoms with E-state index < -0.39 is 58.1 Å². The molecule has 32 heavy (non-hydrogen) atoms. The number of carboxylic acid groups (broad SMARTS) is 1. The van der Waals surface area contributed by atoms with Gasteiger partial charge in [-0.15, -0.1) is 16.9 Å². The summed E-state index contributed by atoms with van der Waals surface area (Å²) < 4.78 is 37.8. The normalized spacial score (nSPS) is 20.6. The van der Waals surface area contributed by atoms with Gasteiger partial charge in [0.1, 0.15) is 23.7 Å². The topological polar surface area (TPSA) is 173 Å². The standard InChI is InChI=1S/C14H14F3N7O5S3/c15-14(16,17)32-4-7(26)19-8-10(27)24-9(12(28)29)5(2-30-11(8)24)3-31-13-20-21-22-23(13)1-6(18)25/h8,11H,1-4H2,(H2,18,25)(H,19,26)(H,28,29)/t8?,11-/m1/s1. The van der Waals surface area contributed by atoms with E-state index in [4.69, 9.17) is 5.73 Å². The predicted molar refractivity (Wildman–Crippen MR) is 106 cm³/mol. The summed E-state index contributed by atoms with van der Waals surface area (Å²) in [6.07, 6.45) is 0. The Morgan fingerprint density at radius 2 is 2.06 bits per heavy atom. The lowest BCUT2D eigenvalue weighted by Gasteiger charge is -2.49. The van der Waals surface area contributed by atoms with Crippen LogP contribution < -0.4 is 11.1 Å². The number of tetrazole rings is 1. The Labute approximate surface area is 189 Å². The van der Waals surface area contributed by atoms with Crippen LogP contribution in [0, 0.1) is 0 Å². The molecule has 2 aliphatic rings. The molecule has 4 N–H and O–H groups in total. The number of thioether (sulfide) groups is 3. The molecule has 12 nitrogen and oxygen atoms in total. The third-order valence-corrected chi connectivity index (χ3v) is 7.23.